The van der Waals surface area contributed by atoms with E-state index >= 15 is 0 Å². The quantitative estimate of drug-likeness (QED) is 0.839. The number of carboxylic acid groups (broad SMARTS) is 1. The number of hydrogen-bond donors (Lipinski definition) is 1. The van der Waals surface area contributed by atoms with E-state index in [1.165, 1.54) is 42.6 Å². The lowest BCUT2D eigenvalue weighted by Crippen LogP contribution is -2.39. The Hall–Kier alpha value is -1.59. The van der Waals surface area contributed by atoms with Crippen molar-refractivity contribution >= 4 is 17.7 Å². The topological polar surface area (TPSA) is 73.2 Å². The highest BCUT2D eigenvalue weighted by atomic mass is 16.4. The highest BCUT2D eigenvalue weighted by Crippen LogP contribution is 2.28. The maximum Gasteiger partial charge on any atom is 0.407 e. The van der Waals surface area contributed by atoms with Crippen LogP contribution in [0.25, 0.3) is 0 Å². The average molecular weight is 281 g/mol. The van der Waals surface area contributed by atoms with Crippen molar-refractivity contribution in [1.29, 1.82) is 0 Å². The van der Waals surface area contributed by atoms with Crippen LogP contribution in [0.5, 0.6) is 0 Å². The maximum absolute atomic E-state index is 11.9. The summed E-state index contributed by atoms with van der Waals surface area (Å²) >= 11 is 0. The molecule has 0 aromatic carbocycles. The third-order valence-corrected chi connectivity index (χ3v) is 4.46. The predicted octanol–water partition coefficient (Wildman–Crippen LogP) is 2.15. The van der Waals surface area contributed by atoms with Gasteiger partial charge in [0.1, 0.15) is 0 Å². The van der Waals surface area contributed by atoms with E-state index in [2.05, 4.69) is 5.10 Å². The third-order valence-electron chi connectivity index (χ3n) is 4.46. The molecule has 1 heterocycles. The van der Waals surface area contributed by atoms with Gasteiger partial charge in [-0.05, 0) is 19.3 Å². The van der Waals surface area contributed by atoms with Gasteiger partial charge in [0.05, 0.1) is 18.2 Å². The van der Waals surface area contributed by atoms with Gasteiger partial charge in [0.15, 0.2) is 0 Å². The fraction of sp³-hybridized carbons (Fsp3) is 0.786. The SMILES string of the molecule is CC(C1=NN(CCC2CCCC2)C(=O)C1)N(C)C(=O)O. The second kappa shape index (κ2) is 6.24. The fourth-order valence-electron chi connectivity index (χ4n) is 2.89. The number of hydrazone groups is 1. The molecule has 6 nitrogen and oxygen atoms in total. The number of hydrogen-bond acceptors (Lipinski definition) is 3. The van der Waals surface area contributed by atoms with E-state index in [1.54, 1.807) is 6.92 Å². The molecule has 0 radical (unpaired) electrons. The standard InChI is InChI=1S/C14H23N3O3/c1-10(16(2)14(19)20)12-9-13(18)17(15-12)8-7-11-5-3-4-6-11/h10-11H,3-9H2,1-2H3,(H,19,20). The van der Waals surface area contributed by atoms with Crippen molar-refractivity contribution < 1.29 is 14.7 Å². The molecule has 0 bridgehead atoms. The third kappa shape index (κ3) is 3.29. The molecule has 6 heteroatoms. The molecule has 112 valence electrons. The number of amides is 2. The Bertz CT molecular complexity index is 416. The number of nitrogens with zero attached hydrogens (tertiary/aromatic N) is 3. The van der Waals surface area contributed by atoms with Crippen molar-refractivity contribution in [2.75, 3.05) is 13.6 Å². The first-order valence-corrected chi connectivity index (χ1v) is 7.32. The summed E-state index contributed by atoms with van der Waals surface area (Å²) in [7, 11) is 1.50. The minimum Gasteiger partial charge on any atom is -0.465 e. The molecule has 1 fully saturated rings. The van der Waals surface area contributed by atoms with Gasteiger partial charge in [0, 0.05) is 13.6 Å². The number of carbonyl (C=O) groups excluding carboxylic acids is 1. The van der Waals surface area contributed by atoms with Crippen LogP contribution in [0, 0.1) is 5.92 Å². The van der Waals surface area contributed by atoms with Crippen LogP contribution < -0.4 is 0 Å². The molecular formula is C14H23N3O3. The van der Waals surface area contributed by atoms with E-state index in [4.69, 9.17) is 5.11 Å². The van der Waals surface area contributed by atoms with Gasteiger partial charge in [-0.2, -0.15) is 5.10 Å². The molecule has 0 spiro atoms. The zero-order valence-electron chi connectivity index (χ0n) is 12.2. The first-order chi connectivity index (χ1) is 9.49. The Morgan fingerprint density at radius 3 is 2.75 bits per heavy atom. The van der Waals surface area contributed by atoms with E-state index in [0.717, 1.165) is 12.3 Å². The molecule has 0 aromatic rings. The van der Waals surface area contributed by atoms with Gasteiger partial charge in [-0.25, -0.2) is 9.80 Å². The van der Waals surface area contributed by atoms with E-state index in [1.807, 2.05) is 0 Å². The summed E-state index contributed by atoms with van der Waals surface area (Å²) in [5.41, 5.74) is 0.645. The lowest BCUT2D eigenvalue weighted by Gasteiger charge is -2.20. The Morgan fingerprint density at radius 1 is 1.50 bits per heavy atom. The van der Waals surface area contributed by atoms with E-state index < -0.39 is 6.09 Å². The second-order valence-corrected chi connectivity index (χ2v) is 5.79. The molecular weight excluding hydrogens is 258 g/mol. The average Bonchev–Trinajstić information content (AvgIpc) is 3.04. The molecule has 20 heavy (non-hydrogen) atoms. The minimum atomic E-state index is -1.00. The highest BCUT2D eigenvalue weighted by Gasteiger charge is 2.30. The van der Waals surface area contributed by atoms with Crippen molar-refractivity contribution in [3.8, 4) is 0 Å². The summed E-state index contributed by atoms with van der Waals surface area (Å²) in [6, 6.07) is -0.354. The molecule has 1 saturated carbocycles. The molecule has 0 aromatic heterocycles. The van der Waals surface area contributed by atoms with Crippen LogP contribution in [0.2, 0.25) is 0 Å². The molecule has 0 saturated heterocycles. The molecule has 1 atom stereocenters. The monoisotopic (exact) mass is 281 g/mol. The van der Waals surface area contributed by atoms with Crippen molar-refractivity contribution in [3.05, 3.63) is 0 Å². The van der Waals surface area contributed by atoms with E-state index in [-0.39, 0.29) is 18.4 Å². The zero-order valence-corrected chi connectivity index (χ0v) is 12.2. The Labute approximate surface area is 119 Å². The van der Waals surface area contributed by atoms with Crippen molar-refractivity contribution in [2.45, 2.75) is 51.5 Å². The molecule has 1 aliphatic carbocycles. The van der Waals surface area contributed by atoms with Gasteiger partial charge in [0.2, 0.25) is 5.91 Å². The van der Waals surface area contributed by atoms with Crippen molar-refractivity contribution in [1.82, 2.24) is 9.91 Å². The van der Waals surface area contributed by atoms with Gasteiger partial charge >= 0.3 is 6.09 Å². The Morgan fingerprint density at radius 2 is 2.15 bits per heavy atom. The van der Waals surface area contributed by atoms with Gasteiger partial charge in [-0.1, -0.05) is 25.7 Å². The molecule has 2 aliphatic rings. The minimum absolute atomic E-state index is 0.0105. The molecule has 2 amide bonds. The smallest absolute Gasteiger partial charge is 0.407 e. The Kier molecular flexibility index (Phi) is 4.62. The largest absolute Gasteiger partial charge is 0.465 e. The van der Waals surface area contributed by atoms with Crippen LogP contribution in [0.15, 0.2) is 5.10 Å². The summed E-state index contributed by atoms with van der Waals surface area (Å²) in [5.74, 6) is 0.713. The summed E-state index contributed by atoms with van der Waals surface area (Å²) in [6.07, 6.45) is 5.36. The van der Waals surface area contributed by atoms with Gasteiger partial charge < -0.3 is 10.0 Å². The number of rotatable bonds is 5. The van der Waals surface area contributed by atoms with Crippen molar-refractivity contribution in [3.63, 3.8) is 0 Å². The highest BCUT2D eigenvalue weighted by molar-refractivity contribution is 6.07. The van der Waals surface area contributed by atoms with E-state index in [9.17, 15) is 9.59 Å². The second-order valence-electron chi connectivity index (χ2n) is 5.79. The fourth-order valence-corrected chi connectivity index (χ4v) is 2.89. The van der Waals surface area contributed by atoms with Crippen LogP contribution in [-0.4, -0.2) is 52.4 Å². The van der Waals surface area contributed by atoms with Crippen molar-refractivity contribution in [2.24, 2.45) is 11.0 Å². The summed E-state index contributed by atoms with van der Waals surface area (Å²) in [6.45, 7) is 2.43. The van der Waals surface area contributed by atoms with Gasteiger partial charge in [0.25, 0.3) is 0 Å². The lowest BCUT2D eigenvalue weighted by molar-refractivity contribution is -0.128. The Balaban J connectivity index is 1.90. The van der Waals surface area contributed by atoms with Crippen LogP contribution >= 0.6 is 0 Å². The van der Waals surface area contributed by atoms with Gasteiger partial charge in [-0.3, -0.25) is 4.79 Å². The zero-order chi connectivity index (χ0) is 14.7. The normalized spacial score (nSPS) is 21.2. The molecule has 1 aliphatic heterocycles. The summed E-state index contributed by atoms with van der Waals surface area (Å²) in [5, 5.41) is 14.8. The molecule has 2 rings (SSSR count). The van der Waals surface area contributed by atoms with Crippen LogP contribution in [0.3, 0.4) is 0 Å². The summed E-state index contributed by atoms with van der Waals surface area (Å²) in [4.78, 5) is 24.1. The van der Waals surface area contributed by atoms with E-state index in [0.29, 0.717) is 12.3 Å². The van der Waals surface area contributed by atoms with Crippen LogP contribution in [-0.2, 0) is 4.79 Å². The first kappa shape index (κ1) is 14.8. The van der Waals surface area contributed by atoms with Crippen LogP contribution in [0.4, 0.5) is 4.79 Å². The number of carbonyl (C=O) groups is 2. The van der Waals surface area contributed by atoms with Gasteiger partial charge in [-0.15, -0.1) is 0 Å². The predicted molar refractivity (Wildman–Crippen MR) is 75.6 cm³/mol. The lowest BCUT2D eigenvalue weighted by atomic mass is 10.0. The summed E-state index contributed by atoms with van der Waals surface area (Å²) < 4.78 is 0. The molecule has 1 unspecified atom stereocenters. The first-order valence-electron chi connectivity index (χ1n) is 7.32. The van der Waals surface area contributed by atoms with Crippen LogP contribution in [0.1, 0.15) is 45.4 Å². The molecule has 1 N–H and O–H groups in total. The maximum atomic E-state index is 11.9.